The van der Waals surface area contributed by atoms with E-state index in [4.69, 9.17) is 5.73 Å². The van der Waals surface area contributed by atoms with Crippen LogP contribution >= 0.6 is 0 Å². The van der Waals surface area contributed by atoms with Gasteiger partial charge in [-0.05, 0) is 6.92 Å². The van der Waals surface area contributed by atoms with Gasteiger partial charge in [0.05, 0.1) is 0 Å². The Morgan fingerprint density at radius 3 is 2.64 bits per heavy atom. The van der Waals surface area contributed by atoms with Crippen LogP contribution in [0.4, 0.5) is 0 Å². The Morgan fingerprint density at radius 1 is 1.43 bits per heavy atom. The van der Waals surface area contributed by atoms with E-state index in [0.29, 0.717) is 19.6 Å². The smallest absolute Gasteiger partial charge is 0.232 e. The summed E-state index contributed by atoms with van der Waals surface area (Å²) in [7, 11) is 1.72. The van der Waals surface area contributed by atoms with E-state index in [1.165, 1.54) is 0 Å². The first-order valence-electron chi connectivity index (χ1n) is 4.79. The molecule has 1 saturated heterocycles. The van der Waals surface area contributed by atoms with E-state index in [2.05, 4.69) is 0 Å². The molecule has 0 aromatic rings. The van der Waals surface area contributed by atoms with Crippen LogP contribution < -0.4 is 5.73 Å². The third-order valence-electron chi connectivity index (χ3n) is 2.49. The lowest BCUT2D eigenvalue weighted by Crippen LogP contribution is -2.43. The van der Waals surface area contributed by atoms with Crippen molar-refractivity contribution in [2.45, 2.75) is 19.4 Å². The Morgan fingerprint density at radius 2 is 2.07 bits per heavy atom. The van der Waals surface area contributed by atoms with Gasteiger partial charge < -0.3 is 15.5 Å². The number of hydrogen-bond donors (Lipinski definition) is 1. The summed E-state index contributed by atoms with van der Waals surface area (Å²) in [6.45, 7) is 3.49. The van der Waals surface area contributed by atoms with Crippen LogP contribution in [0.3, 0.4) is 0 Å². The molecule has 14 heavy (non-hydrogen) atoms. The summed E-state index contributed by atoms with van der Waals surface area (Å²) in [5.41, 5.74) is 5.41. The Labute approximate surface area is 83.8 Å². The lowest BCUT2D eigenvalue weighted by Gasteiger charge is -2.27. The molecule has 0 bridgehead atoms. The molecule has 1 aliphatic rings. The number of hydrogen-bond acceptors (Lipinski definition) is 3. The molecular weight excluding hydrogens is 182 g/mol. The van der Waals surface area contributed by atoms with Crippen molar-refractivity contribution < 1.29 is 9.59 Å². The monoisotopic (exact) mass is 199 g/mol. The van der Waals surface area contributed by atoms with Gasteiger partial charge in [-0.1, -0.05) is 0 Å². The van der Waals surface area contributed by atoms with E-state index in [1.807, 2.05) is 6.92 Å². The van der Waals surface area contributed by atoms with Crippen LogP contribution in [0, 0.1) is 0 Å². The number of rotatable bonds is 2. The molecular formula is C9H17N3O2. The highest BCUT2D eigenvalue weighted by Crippen LogP contribution is 2.09. The summed E-state index contributed by atoms with van der Waals surface area (Å²) >= 11 is 0. The van der Waals surface area contributed by atoms with Gasteiger partial charge in [-0.25, -0.2) is 0 Å². The van der Waals surface area contributed by atoms with Crippen LogP contribution in [0.1, 0.15) is 13.3 Å². The number of carbonyl (C=O) groups excluding carboxylic acids is 2. The van der Waals surface area contributed by atoms with Crippen molar-refractivity contribution in [3.05, 3.63) is 0 Å². The van der Waals surface area contributed by atoms with Gasteiger partial charge in [-0.2, -0.15) is 0 Å². The van der Waals surface area contributed by atoms with Crippen molar-refractivity contribution in [1.29, 1.82) is 0 Å². The van der Waals surface area contributed by atoms with Crippen molar-refractivity contribution >= 4 is 11.8 Å². The fourth-order valence-corrected chi connectivity index (χ4v) is 1.69. The first-order chi connectivity index (χ1) is 6.56. The molecule has 5 heteroatoms. The van der Waals surface area contributed by atoms with Gasteiger partial charge in [0.15, 0.2) is 0 Å². The second-order valence-corrected chi connectivity index (χ2v) is 3.68. The van der Waals surface area contributed by atoms with E-state index >= 15 is 0 Å². The summed E-state index contributed by atoms with van der Waals surface area (Å²) < 4.78 is 0. The largest absolute Gasteiger partial charge is 0.343 e. The molecule has 2 amide bonds. The lowest BCUT2D eigenvalue weighted by atomic mass is 10.2. The van der Waals surface area contributed by atoms with Gasteiger partial charge in [0.1, 0.15) is 6.42 Å². The molecule has 0 radical (unpaired) electrons. The van der Waals surface area contributed by atoms with E-state index in [-0.39, 0.29) is 24.3 Å². The molecule has 1 heterocycles. The van der Waals surface area contributed by atoms with Gasteiger partial charge in [-0.3, -0.25) is 9.59 Å². The fourth-order valence-electron chi connectivity index (χ4n) is 1.69. The predicted octanol–water partition coefficient (Wildman–Crippen LogP) is -0.976. The minimum Gasteiger partial charge on any atom is -0.343 e. The SMILES string of the molecule is CC1CN(C)C(=O)CC(=O)N1CCN. The van der Waals surface area contributed by atoms with Gasteiger partial charge >= 0.3 is 0 Å². The third-order valence-corrected chi connectivity index (χ3v) is 2.49. The van der Waals surface area contributed by atoms with Crippen LogP contribution in [0.2, 0.25) is 0 Å². The van der Waals surface area contributed by atoms with E-state index in [9.17, 15) is 9.59 Å². The van der Waals surface area contributed by atoms with Gasteiger partial charge in [0.25, 0.3) is 0 Å². The zero-order valence-electron chi connectivity index (χ0n) is 8.69. The van der Waals surface area contributed by atoms with Crippen LogP contribution in [-0.2, 0) is 9.59 Å². The first-order valence-corrected chi connectivity index (χ1v) is 4.79. The molecule has 1 aliphatic heterocycles. The maximum Gasteiger partial charge on any atom is 0.232 e. The molecule has 2 N–H and O–H groups in total. The average Bonchev–Trinajstić information content (AvgIpc) is 2.19. The average molecular weight is 199 g/mol. The van der Waals surface area contributed by atoms with E-state index < -0.39 is 0 Å². The molecule has 1 fully saturated rings. The van der Waals surface area contributed by atoms with Crippen molar-refractivity contribution in [2.75, 3.05) is 26.7 Å². The molecule has 1 atom stereocenters. The molecule has 0 aliphatic carbocycles. The Kier molecular flexibility index (Phi) is 3.46. The lowest BCUT2D eigenvalue weighted by molar-refractivity contribution is -0.137. The van der Waals surface area contributed by atoms with Gasteiger partial charge in [-0.15, -0.1) is 0 Å². The number of carbonyl (C=O) groups is 2. The summed E-state index contributed by atoms with van der Waals surface area (Å²) in [6.07, 6.45) is -0.0269. The van der Waals surface area contributed by atoms with Crippen LogP contribution in [0.5, 0.6) is 0 Å². The van der Waals surface area contributed by atoms with Crippen molar-refractivity contribution in [3.8, 4) is 0 Å². The normalized spacial score (nSPS) is 24.1. The fraction of sp³-hybridized carbons (Fsp3) is 0.778. The highest BCUT2D eigenvalue weighted by molar-refractivity contribution is 5.97. The number of likely N-dealkylation sites (N-methyl/N-ethyl adjacent to an activating group) is 1. The van der Waals surface area contributed by atoms with E-state index in [1.54, 1.807) is 16.8 Å². The number of nitrogens with two attached hydrogens (primary N) is 1. The van der Waals surface area contributed by atoms with Crippen LogP contribution in [0.15, 0.2) is 0 Å². The van der Waals surface area contributed by atoms with Crippen molar-refractivity contribution in [2.24, 2.45) is 5.73 Å². The molecule has 5 nitrogen and oxygen atoms in total. The second-order valence-electron chi connectivity index (χ2n) is 3.68. The Balaban J connectivity index is 2.75. The standard InChI is InChI=1S/C9H17N3O2/c1-7-6-11(2)8(13)5-9(14)12(7)4-3-10/h7H,3-6,10H2,1-2H3. The first kappa shape index (κ1) is 11.0. The highest BCUT2D eigenvalue weighted by Gasteiger charge is 2.28. The summed E-state index contributed by atoms with van der Waals surface area (Å²) in [4.78, 5) is 26.2. The van der Waals surface area contributed by atoms with E-state index in [0.717, 1.165) is 0 Å². The molecule has 0 aromatic carbocycles. The van der Waals surface area contributed by atoms with Gasteiger partial charge in [0, 0.05) is 32.7 Å². The summed E-state index contributed by atoms with van der Waals surface area (Å²) in [5, 5.41) is 0. The highest BCUT2D eigenvalue weighted by atomic mass is 16.2. The molecule has 0 spiro atoms. The van der Waals surface area contributed by atoms with Crippen LogP contribution in [-0.4, -0.2) is 54.3 Å². The Bertz CT molecular complexity index is 242. The summed E-state index contributed by atoms with van der Waals surface area (Å²) in [5.74, 6) is -0.223. The quantitative estimate of drug-likeness (QED) is 0.581. The minimum absolute atomic E-state index is 0.0269. The third kappa shape index (κ3) is 2.23. The molecule has 1 unspecified atom stereocenters. The number of nitrogens with zero attached hydrogens (tertiary/aromatic N) is 2. The minimum atomic E-state index is -0.114. The maximum atomic E-state index is 11.6. The second kappa shape index (κ2) is 4.41. The Hall–Kier alpha value is -1.10. The maximum absolute atomic E-state index is 11.6. The molecule has 0 saturated carbocycles. The van der Waals surface area contributed by atoms with Crippen LogP contribution in [0.25, 0.3) is 0 Å². The van der Waals surface area contributed by atoms with Gasteiger partial charge in [0.2, 0.25) is 11.8 Å². The predicted molar refractivity (Wildman–Crippen MR) is 52.5 cm³/mol. The summed E-state index contributed by atoms with van der Waals surface area (Å²) in [6, 6.07) is 0.0579. The molecule has 1 rings (SSSR count). The van der Waals surface area contributed by atoms with Crippen molar-refractivity contribution in [3.63, 3.8) is 0 Å². The zero-order chi connectivity index (χ0) is 10.7. The van der Waals surface area contributed by atoms with Crippen molar-refractivity contribution in [1.82, 2.24) is 9.80 Å². The topological polar surface area (TPSA) is 66.6 Å². The number of amides is 2. The molecule has 80 valence electrons. The molecule has 0 aromatic heterocycles. The zero-order valence-corrected chi connectivity index (χ0v) is 8.69.